The molecular weight excluding hydrogens is 386 g/mol. The van der Waals surface area contributed by atoms with Crippen LogP contribution in [-0.2, 0) is 9.53 Å². The van der Waals surface area contributed by atoms with Crippen LogP contribution in [0.4, 0.5) is 4.79 Å². The SMILES string of the molecule is CC(C)CCNC(=O)NC(=O)COC(=O)c1ccc2noc(-c3ccccc3)c2c1. The predicted molar refractivity (Wildman–Crippen MR) is 111 cm³/mol. The molecule has 0 saturated heterocycles. The Morgan fingerprint density at radius 2 is 1.87 bits per heavy atom. The van der Waals surface area contributed by atoms with E-state index in [-0.39, 0.29) is 5.56 Å². The number of benzene rings is 2. The van der Waals surface area contributed by atoms with Gasteiger partial charge < -0.3 is 14.6 Å². The number of imide groups is 1. The lowest BCUT2D eigenvalue weighted by Crippen LogP contribution is -2.41. The number of carbonyl (C=O) groups excluding carboxylic acids is 3. The highest BCUT2D eigenvalue weighted by Gasteiger charge is 2.16. The molecule has 0 radical (unpaired) electrons. The molecule has 3 amide bonds. The number of urea groups is 1. The number of hydrogen-bond donors (Lipinski definition) is 2. The Hall–Kier alpha value is -3.68. The average Bonchev–Trinajstić information content (AvgIpc) is 3.15. The summed E-state index contributed by atoms with van der Waals surface area (Å²) in [6.07, 6.45) is 0.799. The monoisotopic (exact) mass is 409 g/mol. The maximum absolute atomic E-state index is 12.3. The minimum Gasteiger partial charge on any atom is -0.452 e. The lowest BCUT2D eigenvalue weighted by Gasteiger charge is -2.08. The van der Waals surface area contributed by atoms with Crippen molar-refractivity contribution in [2.45, 2.75) is 20.3 Å². The van der Waals surface area contributed by atoms with Crippen molar-refractivity contribution in [3.8, 4) is 11.3 Å². The van der Waals surface area contributed by atoms with Gasteiger partial charge in [-0.1, -0.05) is 49.3 Å². The van der Waals surface area contributed by atoms with Crippen molar-refractivity contribution in [3.63, 3.8) is 0 Å². The predicted octanol–water partition coefficient (Wildman–Crippen LogP) is 3.52. The molecular formula is C22H23N3O5. The number of carbonyl (C=O) groups is 3. The average molecular weight is 409 g/mol. The summed E-state index contributed by atoms with van der Waals surface area (Å²) in [5.74, 6) is -0.419. The van der Waals surface area contributed by atoms with Gasteiger partial charge in [-0.2, -0.15) is 0 Å². The Labute approximate surface area is 173 Å². The topological polar surface area (TPSA) is 111 Å². The summed E-state index contributed by atoms with van der Waals surface area (Å²) in [7, 11) is 0. The van der Waals surface area contributed by atoms with Crippen molar-refractivity contribution in [1.29, 1.82) is 0 Å². The van der Waals surface area contributed by atoms with Crippen molar-refractivity contribution in [3.05, 3.63) is 54.1 Å². The maximum Gasteiger partial charge on any atom is 0.338 e. The van der Waals surface area contributed by atoms with Crippen LogP contribution in [0.5, 0.6) is 0 Å². The van der Waals surface area contributed by atoms with Gasteiger partial charge in [0.2, 0.25) is 0 Å². The lowest BCUT2D eigenvalue weighted by atomic mass is 10.1. The first kappa shape index (κ1) is 21.0. The van der Waals surface area contributed by atoms with Gasteiger partial charge in [0.15, 0.2) is 12.4 Å². The van der Waals surface area contributed by atoms with Crippen molar-refractivity contribution in [1.82, 2.24) is 15.8 Å². The summed E-state index contributed by atoms with van der Waals surface area (Å²) in [6.45, 7) is 3.95. The van der Waals surface area contributed by atoms with E-state index >= 15 is 0 Å². The fourth-order valence-corrected chi connectivity index (χ4v) is 2.76. The van der Waals surface area contributed by atoms with E-state index < -0.39 is 24.5 Å². The molecule has 156 valence electrons. The molecule has 8 nitrogen and oxygen atoms in total. The molecule has 2 aromatic carbocycles. The molecule has 0 unspecified atom stereocenters. The van der Waals surface area contributed by atoms with Crippen LogP contribution in [0.1, 0.15) is 30.6 Å². The molecule has 8 heteroatoms. The third-order valence-corrected chi connectivity index (χ3v) is 4.34. The molecule has 0 aliphatic heterocycles. The highest BCUT2D eigenvalue weighted by molar-refractivity contribution is 6.00. The van der Waals surface area contributed by atoms with Crippen LogP contribution in [-0.4, -0.2) is 36.2 Å². The second-order valence-corrected chi connectivity index (χ2v) is 7.17. The molecule has 0 spiro atoms. The first-order valence-electron chi connectivity index (χ1n) is 9.63. The van der Waals surface area contributed by atoms with E-state index in [0.717, 1.165) is 12.0 Å². The van der Waals surface area contributed by atoms with Crippen LogP contribution in [0.3, 0.4) is 0 Å². The van der Waals surface area contributed by atoms with Gasteiger partial charge in [-0.15, -0.1) is 0 Å². The summed E-state index contributed by atoms with van der Waals surface area (Å²) in [4.78, 5) is 35.8. The van der Waals surface area contributed by atoms with E-state index in [1.807, 2.05) is 44.2 Å². The van der Waals surface area contributed by atoms with Gasteiger partial charge in [0, 0.05) is 12.1 Å². The highest BCUT2D eigenvalue weighted by atomic mass is 16.5. The fourth-order valence-electron chi connectivity index (χ4n) is 2.76. The number of hydrogen-bond acceptors (Lipinski definition) is 6. The molecule has 0 bridgehead atoms. The summed E-state index contributed by atoms with van der Waals surface area (Å²) in [6, 6.07) is 13.6. The van der Waals surface area contributed by atoms with Gasteiger partial charge in [0.1, 0.15) is 5.52 Å². The van der Waals surface area contributed by atoms with Crippen LogP contribution < -0.4 is 10.6 Å². The number of nitrogens with zero attached hydrogens (tertiary/aromatic N) is 1. The van der Waals surface area contributed by atoms with Gasteiger partial charge in [-0.25, -0.2) is 9.59 Å². The Bertz CT molecular complexity index is 1040. The van der Waals surface area contributed by atoms with E-state index in [2.05, 4.69) is 15.8 Å². The molecule has 3 rings (SSSR count). The van der Waals surface area contributed by atoms with E-state index in [1.54, 1.807) is 18.2 Å². The molecule has 0 saturated carbocycles. The van der Waals surface area contributed by atoms with Crippen molar-refractivity contribution < 1.29 is 23.6 Å². The molecule has 1 aromatic heterocycles. The molecule has 0 atom stereocenters. The van der Waals surface area contributed by atoms with Gasteiger partial charge in [-0.05, 0) is 30.5 Å². The largest absolute Gasteiger partial charge is 0.452 e. The molecule has 3 aromatic rings. The van der Waals surface area contributed by atoms with Crippen LogP contribution in [0.2, 0.25) is 0 Å². The molecule has 30 heavy (non-hydrogen) atoms. The summed E-state index contributed by atoms with van der Waals surface area (Å²) in [5, 5.41) is 9.36. The zero-order valence-electron chi connectivity index (χ0n) is 16.8. The number of amides is 3. The van der Waals surface area contributed by atoms with Gasteiger partial charge in [0.05, 0.1) is 10.9 Å². The van der Waals surface area contributed by atoms with Gasteiger partial charge in [-0.3, -0.25) is 10.1 Å². The number of esters is 1. The maximum atomic E-state index is 12.3. The van der Waals surface area contributed by atoms with E-state index in [4.69, 9.17) is 9.26 Å². The number of ether oxygens (including phenoxy) is 1. The molecule has 1 heterocycles. The first-order valence-corrected chi connectivity index (χ1v) is 9.63. The van der Waals surface area contributed by atoms with Gasteiger partial charge >= 0.3 is 12.0 Å². The minimum absolute atomic E-state index is 0.247. The second-order valence-electron chi connectivity index (χ2n) is 7.17. The number of fused-ring (bicyclic) bond motifs is 1. The van der Waals surface area contributed by atoms with E-state index in [1.165, 1.54) is 0 Å². The summed E-state index contributed by atoms with van der Waals surface area (Å²) in [5.41, 5.74) is 1.67. The zero-order valence-corrected chi connectivity index (χ0v) is 16.8. The van der Waals surface area contributed by atoms with Gasteiger partial charge in [0.25, 0.3) is 5.91 Å². The van der Waals surface area contributed by atoms with E-state index in [0.29, 0.717) is 29.1 Å². The Morgan fingerprint density at radius 1 is 1.10 bits per heavy atom. The number of rotatable bonds is 7. The zero-order chi connectivity index (χ0) is 21.5. The second kappa shape index (κ2) is 9.69. The standard InChI is InChI=1S/C22H23N3O5/c1-14(2)10-11-23-22(28)24-19(26)13-29-21(27)16-8-9-18-17(12-16)20(30-25-18)15-6-4-3-5-7-15/h3-9,12,14H,10-11,13H2,1-2H3,(H2,23,24,26,28). The Kier molecular flexibility index (Phi) is 6.79. The lowest BCUT2D eigenvalue weighted by molar-refractivity contribution is -0.123. The number of nitrogens with one attached hydrogen (secondary N) is 2. The molecule has 0 fully saturated rings. The quantitative estimate of drug-likeness (QED) is 0.578. The minimum atomic E-state index is -0.707. The van der Waals surface area contributed by atoms with Crippen LogP contribution in [0.15, 0.2) is 53.1 Å². The molecule has 0 aliphatic carbocycles. The Morgan fingerprint density at radius 3 is 2.60 bits per heavy atom. The normalized spacial score (nSPS) is 10.8. The van der Waals surface area contributed by atoms with Crippen molar-refractivity contribution in [2.24, 2.45) is 5.92 Å². The number of aromatic nitrogens is 1. The first-order chi connectivity index (χ1) is 14.4. The third-order valence-electron chi connectivity index (χ3n) is 4.34. The van der Waals surface area contributed by atoms with Crippen molar-refractivity contribution in [2.75, 3.05) is 13.2 Å². The molecule has 2 N–H and O–H groups in total. The summed E-state index contributed by atoms with van der Waals surface area (Å²) >= 11 is 0. The third kappa shape index (κ3) is 5.44. The Balaban J connectivity index is 1.59. The van der Waals surface area contributed by atoms with Crippen molar-refractivity contribution >= 4 is 28.8 Å². The van der Waals surface area contributed by atoms with Crippen LogP contribution >= 0.6 is 0 Å². The highest BCUT2D eigenvalue weighted by Crippen LogP contribution is 2.29. The fraction of sp³-hybridized carbons (Fsp3) is 0.273. The summed E-state index contributed by atoms with van der Waals surface area (Å²) < 4.78 is 10.4. The molecule has 0 aliphatic rings. The van der Waals surface area contributed by atoms with Crippen LogP contribution in [0, 0.1) is 5.92 Å². The smallest absolute Gasteiger partial charge is 0.338 e. The van der Waals surface area contributed by atoms with E-state index in [9.17, 15) is 14.4 Å². The van der Waals surface area contributed by atoms with Crippen LogP contribution in [0.25, 0.3) is 22.2 Å².